The summed E-state index contributed by atoms with van der Waals surface area (Å²) < 4.78 is 0.119. The molecule has 2 atom stereocenters. The molecule has 1 radical (unpaired) electrons. The van der Waals surface area contributed by atoms with E-state index in [0.717, 1.165) is 25.8 Å². The number of nitrogens with two attached hydrogens (primary N) is 1. The van der Waals surface area contributed by atoms with E-state index >= 15 is 0 Å². The summed E-state index contributed by atoms with van der Waals surface area (Å²) in [6.07, 6.45) is 6.80. The Morgan fingerprint density at radius 2 is 0.903 bits per heavy atom. The largest absolute Gasteiger partial charge is 0.326 e. The van der Waals surface area contributed by atoms with Crippen molar-refractivity contribution in [2.24, 2.45) is 5.73 Å². The van der Waals surface area contributed by atoms with Crippen molar-refractivity contribution >= 4 is 79.6 Å². The maximum absolute atomic E-state index is 8.50. The Balaban J connectivity index is 0.000000518. The van der Waals surface area contributed by atoms with E-state index in [1.165, 1.54) is 98.7 Å². The van der Waals surface area contributed by atoms with Crippen molar-refractivity contribution in [3.63, 3.8) is 0 Å². The van der Waals surface area contributed by atoms with E-state index in [4.69, 9.17) is 22.8 Å². The Labute approximate surface area is 375 Å². The van der Waals surface area contributed by atoms with Crippen molar-refractivity contribution in [3.8, 4) is 22.3 Å². The molecule has 0 saturated carbocycles. The number of hydrogen-bond acceptors (Lipinski definition) is 1. The van der Waals surface area contributed by atoms with Crippen LogP contribution in [0.1, 0.15) is 61.8 Å². The van der Waals surface area contributed by atoms with Crippen LogP contribution in [0.5, 0.6) is 0 Å². The molecule has 0 heterocycles. The van der Waals surface area contributed by atoms with E-state index in [9.17, 15) is 0 Å². The molecule has 5 heteroatoms. The fourth-order valence-electron chi connectivity index (χ4n) is 10.9. The van der Waals surface area contributed by atoms with Gasteiger partial charge in [-0.15, -0.1) is 0 Å². The number of hydrogen-bond donors (Lipinski definition) is 1. The van der Waals surface area contributed by atoms with E-state index < -0.39 is 15.6 Å². The summed E-state index contributed by atoms with van der Waals surface area (Å²) in [5, 5.41) is 10.2. The van der Waals surface area contributed by atoms with Crippen LogP contribution in [0.25, 0.3) is 77.5 Å². The average Bonchev–Trinajstić information content (AvgIpc) is 3.92. The Bertz CT molecular complexity index is 3070. The molecule has 2 aliphatic rings. The van der Waals surface area contributed by atoms with Crippen LogP contribution in [-0.2, 0) is 22.1 Å². The maximum atomic E-state index is 8.50. The van der Waals surface area contributed by atoms with Gasteiger partial charge in [0.15, 0.2) is 0 Å². The number of benzene rings is 9. The summed E-state index contributed by atoms with van der Waals surface area (Å²) in [7, 11) is 17.8. The molecule has 2 N–H and O–H groups in total. The van der Waals surface area contributed by atoms with Gasteiger partial charge in [-0.1, -0.05) is 24.3 Å². The summed E-state index contributed by atoms with van der Waals surface area (Å²) in [5.41, 5.74) is 19.6. The zero-order valence-corrected chi connectivity index (χ0v) is 41.4. The second kappa shape index (κ2) is 16.4. The first-order chi connectivity index (χ1) is 30.2. The van der Waals surface area contributed by atoms with E-state index in [1.807, 2.05) is 24.3 Å². The van der Waals surface area contributed by atoms with Crippen molar-refractivity contribution in [2.45, 2.75) is 40.5 Å². The molecule has 0 fully saturated rings. The molecule has 9 aromatic rings. The quantitative estimate of drug-likeness (QED) is 0.125. The molecule has 2 unspecified atom stereocenters. The van der Waals surface area contributed by atoms with Gasteiger partial charge in [-0.25, -0.2) is 0 Å². The monoisotopic (exact) mass is 935 g/mol. The van der Waals surface area contributed by atoms with Crippen molar-refractivity contribution in [3.05, 3.63) is 215 Å². The van der Waals surface area contributed by atoms with Crippen LogP contribution in [0.4, 0.5) is 0 Å². The molecule has 0 aromatic heterocycles. The van der Waals surface area contributed by atoms with Crippen molar-refractivity contribution in [1.29, 1.82) is 0 Å². The van der Waals surface area contributed by atoms with Gasteiger partial charge in [-0.3, -0.25) is 0 Å². The van der Waals surface area contributed by atoms with Crippen LogP contribution < -0.4 is 5.73 Å². The van der Waals surface area contributed by atoms with E-state index in [-0.39, 0.29) is 7.25 Å². The summed E-state index contributed by atoms with van der Waals surface area (Å²) >= 11 is -4.76. The zero-order valence-electron chi connectivity index (χ0n) is 35.4. The Kier molecular flexibility index (Phi) is 10.9. The van der Waals surface area contributed by atoms with E-state index in [2.05, 4.69) is 178 Å². The summed E-state index contributed by atoms with van der Waals surface area (Å²) in [5.74, 6) is 0. The predicted octanol–water partition coefficient (Wildman–Crippen LogP) is 15.3. The molecule has 0 saturated heterocycles. The van der Waals surface area contributed by atoms with Gasteiger partial charge in [-0.05, 0) is 11.6 Å². The molecular formula is C57H49Cl2NSiZr. The van der Waals surface area contributed by atoms with Crippen LogP contribution in [0.3, 0.4) is 0 Å². The third kappa shape index (κ3) is 6.89. The SMILES string of the molecule is CCC1=Cc2c(-c3cc4ccccc4c4ccccc34)cccc2[CH]1[Zr]([SiH3])([Cl])([Cl])[CH]1C(CC)=Cc2c(-c3cc4ccccc4c4ccccc34)cccc21.NCc1cc[c]cc1. The third-order valence-electron chi connectivity index (χ3n) is 13.6. The molecule has 11 rings (SSSR count). The molecule has 0 aliphatic heterocycles. The van der Waals surface area contributed by atoms with Gasteiger partial charge >= 0.3 is 330 Å². The van der Waals surface area contributed by atoms with Crippen LogP contribution in [0.15, 0.2) is 181 Å². The Hall–Kier alpha value is -4.86. The third-order valence-corrected chi connectivity index (χ3v) is 35.6. The molecule has 0 spiro atoms. The van der Waals surface area contributed by atoms with Gasteiger partial charge in [0.25, 0.3) is 0 Å². The molecule has 2 aliphatic carbocycles. The van der Waals surface area contributed by atoms with Crippen LogP contribution in [0, 0.1) is 6.07 Å². The van der Waals surface area contributed by atoms with Crippen LogP contribution in [0.2, 0.25) is 0 Å². The van der Waals surface area contributed by atoms with Crippen LogP contribution >= 0.6 is 17.0 Å². The number of rotatable bonds is 7. The molecule has 9 aromatic carbocycles. The zero-order chi connectivity index (χ0) is 42.6. The molecule has 62 heavy (non-hydrogen) atoms. The van der Waals surface area contributed by atoms with E-state index in [1.54, 1.807) is 0 Å². The Morgan fingerprint density at radius 3 is 1.31 bits per heavy atom. The van der Waals surface area contributed by atoms with Crippen molar-refractivity contribution in [2.75, 3.05) is 0 Å². The van der Waals surface area contributed by atoms with Crippen molar-refractivity contribution in [1.82, 2.24) is 0 Å². The maximum Gasteiger partial charge on any atom is 0.0178 e. The molecule has 304 valence electrons. The standard InChI is InChI=1S/2C25H19.C7H8N.2ClH.H3Si.Zr/c2*1-2-17-14-18-9-7-13-23(24(18)15-17)25-16-19-8-3-4-10-20(19)21-11-5-6-12-22(21)25;8-6-7-4-2-1-3-5-7;;;;/h2*3-16H,2H2,1H3;2-5H,6,8H2;2*1H;1H3;/q;;;;;;+2/p-2. The summed E-state index contributed by atoms with van der Waals surface area (Å²) in [4.78, 5) is 0. The fourth-order valence-corrected chi connectivity index (χ4v) is 36.3. The molecule has 1 nitrogen and oxygen atoms in total. The van der Waals surface area contributed by atoms with Gasteiger partial charge in [0, 0.05) is 6.54 Å². The van der Waals surface area contributed by atoms with E-state index in [0.29, 0.717) is 6.54 Å². The van der Waals surface area contributed by atoms with Gasteiger partial charge in [0.2, 0.25) is 0 Å². The molecular weight excluding hydrogens is 889 g/mol. The average molecular weight is 938 g/mol. The second-order valence-corrected chi connectivity index (χ2v) is 61.4. The van der Waals surface area contributed by atoms with Gasteiger partial charge in [0.1, 0.15) is 0 Å². The first-order valence-corrected chi connectivity index (χ1v) is 39.5. The number of fused-ring (bicyclic) bond motifs is 8. The second-order valence-electron chi connectivity index (χ2n) is 17.3. The predicted molar refractivity (Wildman–Crippen MR) is 271 cm³/mol. The van der Waals surface area contributed by atoms with Gasteiger partial charge in [-0.2, -0.15) is 0 Å². The summed E-state index contributed by atoms with van der Waals surface area (Å²) in [6, 6.07) is 64.3. The minimum Gasteiger partial charge on any atom is -0.326 e. The minimum absolute atomic E-state index is 0.0594. The first-order valence-electron chi connectivity index (χ1n) is 21.9. The first kappa shape index (κ1) is 41.2. The molecule has 0 bridgehead atoms. The smallest absolute Gasteiger partial charge is 0.0178 e. The fraction of sp³-hybridized carbons (Fsp3) is 0.123. The number of halogens is 2. The topological polar surface area (TPSA) is 26.0 Å². The van der Waals surface area contributed by atoms with Gasteiger partial charge in [0.05, 0.1) is 0 Å². The normalized spacial score (nSPS) is 16.4. The van der Waals surface area contributed by atoms with Gasteiger partial charge < -0.3 is 5.73 Å². The summed E-state index contributed by atoms with van der Waals surface area (Å²) in [6.45, 7) is 5.20. The Morgan fingerprint density at radius 1 is 0.500 bits per heavy atom. The van der Waals surface area contributed by atoms with Crippen molar-refractivity contribution < 1.29 is 15.6 Å². The van der Waals surface area contributed by atoms with Crippen LogP contribution in [-0.4, -0.2) is 7.37 Å². The molecule has 0 amide bonds. The number of allylic oxidation sites excluding steroid dienone is 2. The minimum atomic E-state index is -4.76.